The molecule has 0 fully saturated rings. The molecular weight excluding hydrogens is 1910 g/mol. The quantitative estimate of drug-likeness (QED) is 0.0351. The van der Waals surface area contributed by atoms with Gasteiger partial charge in [0.25, 0.3) is 23.7 Å². The first-order valence-electron chi connectivity index (χ1n) is 45.9. The van der Waals surface area contributed by atoms with Crippen molar-refractivity contribution in [2.75, 3.05) is 77.5 Å². The molecule has 45 nitrogen and oxygen atoms in total. The number of H-pyrrole nitrogens is 1. The number of oxazole rings is 1. The van der Waals surface area contributed by atoms with Crippen molar-refractivity contribution in [2.45, 2.75) is 104 Å². The molecule has 0 spiro atoms. The lowest BCUT2D eigenvalue weighted by Crippen LogP contribution is -2.26. The van der Waals surface area contributed by atoms with Crippen LogP contribution >= 0.6 is 0 Å². The van der Waals surface area contributed by atoms with E-state index in [1.807, 2.05) is 195 Å². The Morgan fingerprint density at radius 3 is 1.09 bits per heavy atom. The van der Waals surface area contributed by atoms with Gasteiger partial charge >= 0.3 is 6.18 Å². The van der Waals surface area contributed by atoms with E-state index in [4.69, 9.17) is 52.5 Å². The summed E-state index contributed by atoms with van der Waals surface area (Å²) in [6.07, 6.45) is 7.40. The van der Waals surface area contributed by atoms with Gasteiger partial charge in [0, 0.05) is 65.5 Å². The Kier molecular flexibility index (Phi) is 27.7. The van der Waals surface area contributed by atoms with Crippen molar-refractivity contribution in [3.05, 3.63) is 321 Å². The van der Waals surface area contributed by atoms with Gasteiger partial charge < -0.3 is 57.5 Å². The SMILES string of the molecule is COCCc1nnc(-c2nc(N)c3c(n2)N(Cc2ccccc2)C(=O)C3)o1.Cc1cnn(-c2nc(N)c3c(n2)N(Cc2ccccc2)C(=O)C3)c1.Cc1noc(-c2nc(N)c3c(n2)N(Cc2ccccc2)C(=O)C3)n1.Nc1nc(-c2cnco2)nc2c1CC(=O)N2Cc1ccccc1.Nc1nc(-c2ncc(C(F)(F)F)[nH]2)nc2c1CC(=O)N2Cc1ccccc1.Nc1nc(-n2cccn2)nc2c1CC(=O)N2Cc1ccccc1. The van der Waals surface area contributed by atoms with Gasteiger partial charge in [-0.25, -0.2) is 59.2 Å². The zero-order valence-electron chi connectivity index (χ0n) is 79.0. The van der Waals surface area contributed by atoms with Gasteiger partial charge in [-0.2, -0.15) is 48.3 Å². The summed E-state index contributed by atoms with van der Waals surface area (Å²) in [5.41, 5.74) is 45.8. The second-order valence-electron chi connectivity index (χ2n) is 34.0. The molecule has 24 rings (SSSR count). The third kappa shape index (κ3) is 21.4. The summed E-state index contributed by atoms with van der Waals surface area (Å²) in [7, 11) is 1.60. The fourth-order valence-electron chi connectivity index (χ4n) is 16.5. The molecule has 6 aliphatic heterocycles. The summed E-state index contributed by atoms with van der Waals surface area (Å²) in [4.78, 5) is 150. The fourth-order valence-corrected chi connectivity index (χ4v) is 16.5. The third-order valence-corrected chi connectivity index (χ3v) is 23.8. The number of carbonyl (C=O) groups excluding carboxylic acids is 6. The molecule has 0 aliphatic carbocycles. The number of carbonyl (C=O) groups is 6. The minimum atomic E-state index is -4.57. The topological polar surface area (TPSA) is 610 Å². The average molecular weight is 2000 g/mol. The summed E-state index contributed by atoms with van der Waals surface area (Å²) < 4.78 is 62.3. The zero-order valence-corrected chi connectivity index (χ0v) is 79.0. The van der Waals surface area contributed by atoms with Crippen LogP contribution in [-0.2, 0) is 124 Å². The lowest BCUT2D eigenvalue weighted by molar-refractivity contribution is -0.141. The van der Waals surface area contributed by atoms with Gasteiger partial charge in [-0.15, -0.1) is 10.2 Å². The van der Waals surface area contributed by atoms with Crippen molar-refractivity contribution in [1.82, 2.24) is 115 Å². The number of imidazole rings is 1. The number of benzene rings is 6. The minimum Gasteiger partial charge on any atom is -0.440 e. The number of anilines is 12. The van der Waals surface area contributed by atoms with Crippen LogP contribution in [0.5, 0.6) is 0 Å². The van der Waals surface area contributed by atoms with Gasteiger partial charge in [0.15, 0.2) is 29.6 Å². The van der Waals surface area contributed by atoms with E-state index in [-0.39, 0.29) is 139 Å². The number of nitrogens with one attached hydrogen (secondary N) is 1. The largest absolute Gasteiger partial charge is 0.440 e. The molecule has 0 radical (unpaired) electrons. The highest BCUT2D eigenvalue weighted by Crippen LogP contribution is 2.41. The fraction of sp³-hybridized carbons (Fsp3) is 0.180. The number of nitrogens with zero attached hydrogens (tertiary/aromatic N) is 28. The maximum atomic E-state index is 12.8. The number of ether oxygens (including phenoxy) is 1. The highest BCUT2D eigenvalue weighted by molar-refractivity contribution is 6.06. The number of fused-ring (bicyclic) bond motifs is 6. The van der Waals surface area contributed by atoms with E-state index in [1.165, 1.54) is 22.2 Å². The van der Waals surface area contributed by atoms with Crippen LogP contribution in [0.15, 0.2) is 245 Å². The summed E-state index contributed by atoms with van der Waals surface area (Å²) in [5, 5.41) is 20.0. The smallest absolute Gasteiger partial charge is 0.432 e. The molecule has 18 heterocycles. The molecule has 12 aromatic heterocycles. The molecule has 0 saturated carbocycles. The van der Waals surface area contributed by atoms with Crippen LogP contribution in [0.4, 0.5) is 83.0 Å². The van der Waals surface area contributed by atoms with Gasteiger partial charge in [0.05, 0.1) is 103 Å². The number of aromatic nitrogens is 23. The van der Waals surface area contributed by atoms with Crippen LogP contribution in [-0.4, -0.2) is 164 Å². The van der Waals surface area contributed by atoms with Gasteiger partial charge in [0.1, 0.15) is 75.5 Å². The number of methoxy groups -OCH3 is 1. The number of nitrogens with two attached hydrogens (primary N) is 6. The number of amides is 6. The Hall–Kier alpha value is -19.7. The van der Waals surface area contributed by atoms with E-state index in [0.29, 0.717) is 167 Å². The molecule has 6 aliphatic rings. The van der Waals surface area contributed by atoms with E-state index >= 15 is 0 Å². The Balaban J connectivity index is 0.000000112. The molecule has 13 N–H and O–H groups in total. The Bertz CT molecular complexity index is 7650. The number of halogens is 3. The molecule has 48 heteroatoms. The lowest BCUT2D eigenvalue weighted by atomic mass is 10.2. The van der Waals surface area contributed by atoms with Crippen molar-refractivity contribution in [2.24, 2.45) is 0 Å². The number of aromatic amines is 1. The van der Waals surface area contributed by atoms with Crippen LogP contribution in [0.2, 0.25) is 0 Å². The van der Waals surface area contributed by atoms with E-state index in [0.717, 1.165) is 38.9 Å². The third-order valence-electron chi connectivity index (χ3n) is 23.8. The number of aryl methyl sites for hydroxylation is 2. The van der Waals surface area contributed by atoms with Gasteiger partial charge in [0.2, 0.25) is 58.8 Å². The maximum absolute atomic E-state index is 12.8. The summed E-state index contributed by atoms with van der Waals surface area (Å²) in [6, 6.07) is 59.8. The van der Waals surface area contributed by atoms with Crippen molar-refractivity contribution in [3.63, 3.8) is 0 Å². The molecular formula is C100H88F3N35O10. The highest BCUT2D eigenvalue weighted by atomic mass is 19.4. The summed E-state index contributed by atoms with van der Waals surface area (Å²) in [5.74, 6) is 6.88. The van der Waals surface area contributed by atoms with Gasteiger partial charge in [-0.1, -0.05) is 187 Å². The maximum Gasteiger partial charge on any atom is 0.432 e. The first kappa shape index (κ1) is 97.1. The highest BCUT2D eigenvalue weighted by Gasteiger charge is 2.41. The first-order chi connectivity index (χ1) is 71.6. The second kappa shape index (κ2) is 42.2. The Morgan fingerprint density at radius 1 is 0.392 bits per heavy atom. The molecule has 744 valence electrons. The van der Waals surface area contributed by atoms with Crippen molar-refractivity contribution < 1.29 is 60.0 Å². The molecule has 0 atom stereocenters. The van der Waals surface area contributed by atoms with Crippen LogP contribution in [0, 0.1) is 13.8 Å². The standard InChI is InChI=1S/C18H18N6O3.C17H13F3N6O.C17H16N6O.C16H14N6O2.C16H14N6O.C16H13N5O2/c1-26-8-7-13-22-23-18(27-13)16-20-15(19)12-9-14(25)24(17(12)21-16)10-11-5-3-2-4-6-11;18-17(19,20)11-7-22-14(23-11)15-24-13(21)10-6-12(27)26(16(10)25-15)8-9-4-2-1-3-5-9;1-11-8-19-23(9-11)17-20-15(18)13-7-14(24)22(16(13)21-17)10-12-5-3-2-4-6-12;1-9-18-16(24-21-9)14-19-13(17)11-7-12(23)22(15(11)20-14)8-10-5-3-2-4-6-10;17-14-12-9-13(23)21(10-11-5-2-1-3-6-11)15(12)20-16(19-14)22-8-4-7-18-22;17-14-11-6-13(22)21(8-10-4-2-1-3-5-10)16(11)20-15(19-14)12-7-18-9-23-12/h2-6H,7-10H2,1H3,(H2,19,20,21);1-5,7H,6,8H2,(H,22,23)(H2,21,24,25);2-6,8-9H,7,10H2,1H3,(H2,18,20,21);2-6H,7-8H2,1H3,(H2,17,19,20);1-8H,9-10H2,(H2,17,19,20);1-5,7,9H,6,8H2,(H2,17,19,20). The summed E-state index contributed by atoms with van der Waals surface area (Å²) in [6.45, 7) is 6.57. The molecule has 0 bridgehead atoms. The molecule has 6 amide bonds. The van der Waals surface area contributed by atoms with Crippen molar-refractivity contribution >= 4 is 105 Å². The predicted molar refractivity (Wildman–Crippen MR) is 531 cm³/mol. The van der Waals surface area contributed by atoms with Crippen molar-refractivity contribution in [1.29, 1.82) is 0 Å². The second-order valence-corrected chi connectivity index (χ2v) is 34.0. The van der Waals surface area contributed by atoms with E-state index in [2.05, 4.69) is 105 Å². The Morgan fingerprint density at radius 2 is 0.750 bits per heavy atom. The summed E-state index contributed by atoms with van der Waals surface area (Å²) >= 11 is 0. The number of alkyl halides is 3. The normalized spacial score (nSPS) is 13.4. The Labute approximate surface area is 837 Å². The molecule has 18 aromatic rings. The molecule has 6 aromatic carbocycles. The molecule has 148 heavy (non-hydrogen) atoms. The zero-order chi connectivity index (χ0) is 103. The van der Waals surface area contributed by atoms with Gasteiger partial charge in [-0.3, -0.25) is 58.2 Å². The average Bonchev–Trinajstić information content (AvgIpc) is 1.66. The van der Waals surface area contributed by atoms with E-state index in [1.54, 1.807) is 67.9 Å². The monoisotopic (exact) mass is 2000 g/mol. The predicted octanol–water partition coefficient (Wildman–Crippen LogP) is 10.2. The van der Waals surface area contributed by atoms with Crippen LogP contribution < -0.4 is 63.8 Å². The molecule has 0 saturated heterocycles. The van der Waals surface area contributed by atoms with Crippen LogP contribution in [0.25, 0.3) is 58.6 Å². The van der Waals surface area contributed by atoms with Crippen LogP contribution in [0.3, 0.4) is 0 Å². The van der Waals surface area contributed by atoms with Gasteiger partial charge in [-0.05, 0) is 58.9 Å². The number of nitrogen functional groups attached to an aromatic ring is 6. The van der Waals surface area contributed by atoms with E-state index < -0.39 is 11.9 Å². The number of rotatable bonds is 21. The number of hydrogen-bond donors (Lipinski definition) is 7. The minimum absolute atomic E-state index is 0.0244. The van der Waals surface area contributed by atoms with E-state index in [9.17, 15) is 41.9 Å². The van der Waals surface area contributed by atoms with Crippen LogP contribution in [0.1, 0.15) is 89.7 Å². The molecule has 0 unspecified atom stereocenters. The lowest BCUT2D eigenvalue weighted by Gasteiger charge is -2.17. The first-order valence-corrected chi connectivity index (χ1v) is 45.9. The number of hydrogen-bond acceptors (Lipinski definition) is 36. The van der Waals surface area contributed by atoms with Crippen molar-refractivity contribution in [3.8, 4) is 58.6 Å².